The number of likely N-dealkylation sites (N-methyl/N-ethyl adjacent to an activating group) is 1. The highest BCUT2D eigenvalue weighted by Gasteiger charge is 2.16. The number of aryl methyl sites for hydroxylation is 1. The molecule has 0 N–H and O–H groups in total. The van der Waals surface area contributed by atoms with E-state index < -0.39 is 5.97 Å². The molecule has 0 fully saturated rings. The van der Waals surface area contributed by atoms with Crippen molar-refractivity contribution >= 4 is 29.0 Å². The average molecular weight is 373 g/mol. The van der Waals surface area contributed by atoms with Crippen LogP contribution >= 0.6 is 11.3 Å². The zero-order valence-electron chi connectivity index (χ0n) is 15.1. The monoisotopic (exact) mass is 373 g/mol. The first-order chi connectivity index (χ1) is 12.5. The highest BCUT2D eigenvalue weighted by Crippen LogP contribution is 2.17. The highest BCUT2D eigenvalue weighted by atomic mass is 32.1. The molecule has 0 atom stereocenters. The lowest BCUT2D eigenvalue weighted by atomic mass is 10.2. The van der Waals surface area contributed by atoms with Gasteiger partial charge in [-0.1, -0.05) is 30.3 Å². The molecule has 5 nitrogen and oxygen atoms in total. The van der Waals surface area contributed by atoms with Crippen molar-refractivity contribution in [3.63, 3.8) is 0 Å². The Labute approximate surface area is 157 Å². The minimum atomic E-state index is -0.532. The molecule has 0 saturated heterocycles. The van der Waals surface area contributed by atoms with Crippen LogP contribution < -0.4 is 0 Å². The van der Waals surface area contributed by atoms with Gasteiger partial charge in [-0.2, -0.15) is 0 Å². The van der Waals surface area contributed by atoms with E-state index in [1.165, 1.54) is 11.3 Å². The van der Waals surface area contributed by atoms with Gasteiger partial charge in [0.1, 0.15) is 0 Å². The van der Waals surface area contributed by atoms with Gasteiger partial charge in [-0.05, 0) is 31.5 Å². The van der Waals surface area contributed by atoms with Crippen LogP contribution in [0, 0.1) is 6.92 Å². The zero-order chi connectivity index (χ0) is 18.9. The Hall–Kier alpha value is -2.47. The summed E-state index contributed by atoms with van der Waals surface area (Å²) in [5.41, 5.74) is 1.02. The number of hydrogen-bond donors (Lipinski definition) is 0. The Bertz CT molecular complexity index is 754. The number of carbonyl (C=O) groups is 3. The Morgan fingerprint density at radius 2 is 1.77 bits per heavy atom. The van der Waals surface area contributed by atoms with Crippen molar-refractivity contribution < 1.29 is 19.1 Å². The van der Waals surface area contributed by atoms with E-state index in [4.69, 9.17) is 4.74 Å². The fraction of sp³-hybridized carbons (Fsp3) is 0.350. The molecule has 0 aliphatic rings. The summed E-state index contributed by atoms with van der Waals surface area (Å²) in [5.74, 6) is -0.855. The standard InChI is InChI=1S/C20H23NO4S/c1-3-21(13-16-7-5-4-6-8-16)19(23)14-25-20(24)12-10-17(22)18-11-9-15(2)26-18/h4-9,11H,3,10,12-14H2,1-2H3. The van der Waals surface area contributed by atoms with Crippen LogP contribution in [0.2, 0.25) is 0 Å². The van der Waals surface area contributed by atoms with Gasteiger partial charge in [0.05, 0.1) is 11.3 Å². The van der Waals surface area contributed by atoms with Crippen LogP contribution in [0.3, 0.4) is 0 Å². The topological polar surface area (TPSA) is 63.7 Å². The van der Waals surface area contributed by atoms with Crippen molar-refractivity contribution in [2.75, 3.05) is 13.2 Å². The third-order valence-corrected chi connectivity index (χ3v) is 4.92. The second-order valence-corrected chi connectivity index (χ2v) is 7.18. The molecule has 0 saturated carbocycles. The molecule has 0 unspecified atom stereocenters. The quantitative estimate of drug-likeness (QED) is 0.497. The number of ether oxygens (including phenoxy) is 1. The van der Waals surface area contributed by atoms with E-state index in [1.807, 2.05) is 50.2 Å². The summed E-state index contributed by atoms with van der Waals surface area (Å²) in [7, 11) is 0. The minimum absolute atomic E-state index is 0.0200. The van der Waals surface area contributed by atoms with Crippen LogP contribution in [0.5, 0.6) is 0 Å². The number of Topliss-reactive ketones (excluding diaryl/α,β-unsaturated/α-hetero) is 1. The van der Waals surface area contributed by atoms with E-state index in [9.17, 15) is 14.4 Å². The SMILES string of the molecule is CCN(Cc1ccccc1)C(=O)COC(=O)CCC(=O)c1ccc(C)s1. The third kappa shape index (κ3) is 6.11. The van der Waals surface area contributed by atoms with Crippen molar-refractivity contribution in [3.8, 4) is 0 Å². The molecule has 0 aliphatic heterocycles. The predicted molar refractivity (Wildman–Crippen MR) is 101 cm³/mol. The first-order valence-corrected chi connectivity index (χ1v) is 9.38. The van der Waals surface area contributed by atoms with Crippen LogP contribution in [0.15, 0.2) is 42.5 Å². The Kier molecular flexibility index (Phi) is 7.53. The van der Waals surface area contributed by atoms with Crippen LogP contribution in [0.25, 0.3) is 0 Å². The number of carbonyl (C=O) groups excluding carboxylic acids is 3. The molecule has 2 aromatic rings. The van der Waals surface area contributed by atoms with Crippen LogP contribution in [0.4, 0.5) is 0 Å². The van der Waals surface area contributed by atoms with Crippen LogP contribution in [-0.2, 0) is 20.9 Å². The van der Waals surface area contributed by atoms with E-state index in [-0.39, 0.29) is 31.1 Å². The fourth-order valence-electron chi connectivity index (χ4n) is 2.41. The van der Waals surface area contributed by atoms with E-state index in [2.05, 4.69) is 0 Å². The van der Waals surface area contributed by atoms with Crippen LogP contribution in [-0.4, -0.2) is 35.7 Å². The predicted octanol–water partition coefficient (Wildman–Crippen LogP) is 3.61. The number of esters is 1. The number of ketones is 1. The number of hydrogen-bond acceptors (Lipinski definition) is 5. The molecule has 0 radical (unpaired) electrons. The third-order valence-electron chi connectivity index (χ3n) is 3.88. The normalized spacial score (nSPS) is 10.4. The highest BCUT2D eigenvalue weighted by molar-refractivity contribution is 7.14. The molecule has 1 aromatic carbocycles. The summed E-state index contributed by atoms with van der Waals surface area (Å²) < 4.78 is 5.04. The number of amides is 1. The lowest BCUT2D eigenvalue weighted by Crippen LogP contribution is -2.34. The molecular weight excluding hydrogens is 350 g/mol. The molecule has 26 heavy (non-hydrogen) atoms. The van der Waals surface area contributed by atoms with Crippen molar-refractivity contribution in [2.45, 2.75) is 33.2 Å². The van der Waals surface area contributed by atoms with Gasteiger partial charge in [-0.25, -0.2) is 0 Å². The molecular formula is C20H23NO4S. The second-order valence-electron chi connectivity index (χ2n) is 5.89. The lowest BCUT2D eigenvalue weighted by molar-refractivity contribution is -0.152. The lowest BCUT2D eigenvalue weighted by Gasteiger charge is -2.20. The Balaban J connectivity index is 1.74. The molecule has 1 aromatic heterocycles. The van der Waals surface area contributed by atoms with Crippen molar-refractivity contribution in [1.82, 2.24) is 4.90 Å². The summed E-state index contributed by atoms with van der Waals surface area (Å²) in [4.78, 5) is 39.4. The molecule has 2 rings (SSSR count). The molecule has 0 aliphatic carbocycles. The van der Waals surface area contributed by atoms with Crippen LogP contribution in [0.1, 0.15) is 39.9 Å². The smallest absolute Gasteiger partial charge is 0.306 e. The summed E-state index contributed by atoms with van der Waals surface area (Å²) in [6, 6.07) is 13.3. The molecule has 1 heterocycles. The summed E-state index contributed by atoms with van der Waals surface area (Å²) >= 11 is 1.41. The van der Waals surface area contributed by atoms with E-state index in [1.54, 1.807) is 11.0 Å². The van der Waals surface area contributed by atoms with Crippen molar-refractivity contribution in [3.05, 3.63) is 57.8 Å². The molecule has 6 heteroatoms. The number of benzene rings is 1. The Morgan fingerprint density at radius 1 is 1.04 bits per heavy atom. The largest absolute Gasteiger partial charge is 0.456 e. The summed E-state index contributed by atoms with van der Waals surface area (Å²) in [6.45, 7) is 4.51. The molecule has 1 amide bonds. The average Bonchev–Trinajstić information content (AvgIpc) is 3.09. The summed E-state index contributed by atoms with van der Waals surface area (Å²) in [5, 5.41) is 0. The Morgan fingerprint density at radius 3 is 2.38 bits per heavy atom. The first kappa shape index (κ1) is 19.8. The van der Waals surface area contributed by atoms with Gasteiger partial charge in [-0.15, -0.1) is 11.3 Å². The van der Waals surface area contributed by atoms with E-state index in [0.717, 1.165) is 10.4 Å². The maximum atomic E-state index is 12.2. The van der Waals surface area contributed by atoms with Crippen molar-refractivity contribution in [2.24, 2.45) is 0 Å². The van der Waals surface area contributed by atoms with Gasteiger partial charge in [-0.3, -0.25) is 14.4 Å². The fourth-order valence-corrected chi connectivity index (χ4v) is 3.24. The van der Waals surface area contributed by atoms with Gasteiger partial charge in [0, 0.05) is 24.4 Å². The van der Waals surface area contributed by atoms with Crippen molar-refractivity contribution in [1.29, 1.82) is 0 Å². The van der Waals surface area contributed by atoms with Gasteiger partial charge >= 0.3 is 5.97 Å². The molecule has 0 spiro atoms. The summed E-state index contributed by atoms with van der Waals surface area (Å²) in [6.07, 6.45) is 0.0718. The molecule has 0 bridgehead atoms. The van der Waals surface area contributed by atoms with Gasteiger partial charge in [0.15, 0.2) is 12.4 Å². The minimum Gasteiger partial charge on any atom is -0.456 e. The van der Waals surface area contributed by atoms with E-state index >= 15 is 0 Å². The van der Waals surface area contributed by atoms with Gasteiger partial charge in [0.2, 0.25) is 0 Å². The van der Waals surface area contributed by atoms with Gasteiger partial charge in [0.25, 0.3) is 5.91 Å². The number of thiophene rings is 1. The second kappa shape index (κ2) is 9.87. The maximum Gasteiger partial charge on any atom is 0.306 e. The zero-order valence-corrected chi connectivity index (χ0v) is 15.9. The first-order valence-electron chi connectivity index (χ1n) is 8.56. The number of rotatable bonds is 9. The maximum absolute atomic E-state index is 12.2. The van der Waals surface area contributed by atoms with E-state index in [0.29, 0.717) is 18.0 Å². The number of nitrogens with zero attached hydrogens (tertiary/aromatic N) is 1. The van der Waals surface area contributed by atoms with Gasteiger partial charge < -0.3 is 9.64 Å². The molecule has 138 valence electrons.